The highest BCUT2D eigenvalue weighted by molar-refractivity contribution is 7.15. The van der Waals surface area contributed by atoms with E-state index in [4.69, 9.17) is 5.73 Å². The Morgan fingerprint density at radius 2 is 2.12 bits per heavy atom. The number of hydrogen-bond donors (Lipinski definition) is 3. The molecule has 1 unspecified atom stereocenters. The Hall–Kier alpha value is -2.15. The summed E-state index contributed by atoms with van der Waals surface area (Å²) in [7, 11) is 0. The largest absolute Gasteiger partial charge is 0.375 e. The second-order valence-corrected chi connectivity index (χ2v) is 7.63. The molecule has 2 heterocycles. The smallest absolute Gasteiger partial charge is 0.271 e. The second kappa shape index (κ2) is 6.05. The van der Waals surface area contributed by atoms with Crippen molar-refractivity contribution < 1.29 is 4.79 Å². The lowest BCUT2D eigenvalue weighted by Gasteiger charge is -2.21. The van der Waals surface area contributed by atoms with Crippen LogP contribution >= 0.6 is 11.3 Å². The summed E-state index contributed by atoms with van der Waals surface area (Å²) in [5.41, 5.74) is 8.85. The van der Waals surface area contributed by atoms with Crippen LogP contribution in [0.2, 0.25) is 0 Å². The normalized spacial score (nSPS) is 19.4. The van der Waals surface area contributed by atoms with Crippen LogP contribution in [0.25, 0.3) is 0 Å². The van der Waals surface area contributed by atoms with Gasteiger partial charge in [-0.1, -0.05) is 0 Å². The molecule has 0 aliphatic heterocycles. The number of nitrogens with one attached hydrogen (secondary N) is 2. The number of nitrogens with two attached hydrogens (primary N) is 1. The molecule has 0 radical (unpaired) electrons. The van der Waals surface area contributed by atoms with E-state index in [1.54, 1.807) is 0 Å². The molecule has 6 nitrogen and oxygen atoms in total. The van der Waals surface area contributed by atoms with Gasteiger partial charge in [-0.25, -0.2) is 4.98 Å². The fraction of sp³-hybridized carbons (Fsp3) is 0.471. The van der Waals surface area contributed by atoms with E-state index in [2.05, 4.69) is 15.3 Å². The van der Waals surface area contributed by atoms with Gasteiger partial charge in [0.15, 0.2) is 5.13 Å². The molecular formula is C17H20N4O2S. The predicted octanol–water partition coefficient (Wildman–Crippen LogP) is 2.35. The number of pyridine rings is 1. The van der Waals surface area contributed by atoms with Gasteiger partial charge in [-0.2, -0.15) is 0 Å². The molecule has 1 atom stereocenters. The molecule has 2 aromatic rings. The number of aromatic nitrogens is 2. The number of H-pyrrole nitrogens is 1. The summed E-state index contributed by atoms with van der Waals surface area (Å²) < 4.78 is 0. The fourth-order valence-corrected chi connectivity index (χ4v) is 4.62. The zero-order valence-electron chi connectivity index (χ0n) is 13.4. The molecule has 0 saturated heterocycles. The van der Waals surface area contributed by atoms with Crippen LogP contribution in [0.3, 0.4) is 0 Å². The minimum Gasteiger partial charge on any atom is -0.375 e. The Bertz CT molecular complexity index is 855. The van der Waals surface area contributed by atoms with Gasteiger partial charge in [0.25, 0.3) is 5.56 Å². The number of thiazole rings is 1. The third-order valence-electron chi connectivity index (χ3n) is 4.88. The first kappa shape index (κ1) is 15.4. The maximum absolute atomic E-state index is 12.7. The van der Waals surface area contributed by atoms with Crippen molar-refractivity contribution in [1.82, 2.24) is 9.97 Å². The Balaban J connectivity index is 1.60. The molecule has 4 rings (SSSR count). The quantitative estimate of drug-likeness (QED) is 0.778. The number of amides is 1. The minimum absolute atomic E-state index is 0.164. The van der Waals surface area contributed by atoms with Crippen molar-refractivity contribution in [3.8, 4) is 0 Å². The molecule has 2 aliphatic rings. The molecular weight excluding hydrogens is 324 g/mol. The minimum atomic E-state index is -0.322. The van der Waals surface area contributed by atoms with Gasteiger partial charge in [-0.05, 0) is 56.6 Å². The summed E-state index contributed by atoms with van der Waals surface area (Å²) in [6.45, 7) is 0. The van der Waals surface area contributed by atoms with Gasteiger partial charge in [-0.3, -0.25) is 9.59 Å². The summed E-state index contributed by atoms with van der Waals surface area (Å²) in [6.07, 6.45) is 6.68. The zero-order chi connectivity index (χ0) is 16.7. The second-order valence-electron chi connectivity index (χ2n) is 6.52. The molecule has 126 valence electrons. The average molecular weight is 344 g/mol. The van der Waals surface area contributed by atoms with Crippen molar-refractivity contribution in [2.24, 2.45) is 0 Å². The van der Waals surface area contributed by atoms with Crippen LogP contribution in [-0.2, 0) is 24.1 Å². The summed E-state index contributed by atoms with van der Waals surface area (Å²) in [5.74, 6) is -0.486. The molecule has 0 bridgehead atoms. The monoisotopic (exact) mass is 344 g/mol. The number of hydrogen-bond acceptors (Lipinski definition) is 5. The average Bonchev–Trinajstić information content (AvgIpc) is 2.95. The van der Waals surface area contributed by atoms with Gasteiger partial charge < -0.3 is 16.0 Å². The Morgan fingerprint density at radius 3 is 3.00 bits per heavy atom. The fourth-order valence-electron chi connectivity index (χ4n) is 3.68. The van der Waals surface area contributed by atoms with Gasteiger partial charge in [-0.15, -0.1) is 11.3 Å². The summed E-state index contributed by atoms with van der Waals surface area (Å²) >= 11 is 1.46. The number of fused-ring (bicyclic) bond motifs is 2. The summed E-state index contributed by atoms with van der Waals surface area (Å²) in [6, 6.07) is 1.84. The van der Waals surface area contributed by atoms with E-state index in [1.807, 2.05) is 6.07 Å². The molecule has 0 fully saturated rings. The van der Waals surface area contributed by atoms with E-state index in [0.717, 1.165) is 66.8 Å². The summed E-state index contributed by atoms with van der Waals surface area (Å²) in [4.78, 5) is 33.3. The highest BCUT2D eigenvalue weighted by atomic mass is 32.1. The van der Waals surface area contributed by atoms with Gasteiger partial charge >= 0.3 is 0 Å². The van der Waals surface area contributed by atoms with E-state index in [9.17, 15) is 9.59 Å². The van der Waals surface area contributed by atoms with Crippen molar-refractivity contribution in [2.75, 3.05) is 11.1 Å². The number of rotatable bonds is 2. The van der Waals surface area contributed by atoms with Gasteiger partial charge in [0, 0.05) is 10.6 Å². The standard InChI is InChI=1S/C17H20N4O2S/c18-17-21-14-10(5-3-7-13(14)24-17)15(22)20-12-8-9-4-1-2-6-11(9)19-16(12)23/h8,10H,1-7H2,(H2,18,21)(H,19,23)(H,20,22). The highest BCUT2D eigenvalue weighted by Crippen LogP contribution is 2.36. The highest BCUT2D eigenvalue weighted by Gasteiger charge is 2.30. The lowest BCUT2D eigenvalue weighted by atomic mass is 9.90. The van der Waals surface area contributed by atoms with Crippen LogP contribution in [-0.4, -0.2) is 15.9 Å². The molecule has 7 heteroatoms. The van der Waals surface area contributed by atoms with Crippen molar-refractivity contribution >= 4 is 28.1 Å². The molecule has 2 aromatic heterocycles. The number of anilines is 2. The van der Waals surface area contributed by atoms with Crippen LogP contribution in [0.4, 0.5) is 10.8 Å². The number of carbonyl (C=O) groups is 1. The van der Waals surface area contributed by atoms with Crippen molar-refractivity contribution in [3.05, 3.63) is 38.2 Å². The first-order chi connectivity index (χ1) is 11.6. The molecule has 1 amide bonds. The molecule has 0 saturated carbocycles. The molecule has 0 spiro atoms. The lowest BCUT2D eigenvalue weighted by molar-refractivity contribution is -0.118. The van der Waals surface area contributed by atoms with Crippen LogP contribution < -0.4 is 16.6 Å². The Labute approximate surface area is 143 Å². The Kier molecular flexibility index (Phi) is 3.88. The molecule has 2 aliphatic carbocycles. The van der Waals surface area contributed by atoms with Crippen molar-refractivity contribution in [2.45, 2.75) is 50.9 Å². The van der Waals surface area contributed by atoms with Crippen molar-refractivity contribution in [1.29, 1.82) is 0 Å². The third kappa shape index (κ3) is 2.73. The van der Waals surface area contributed by atoms with Gasteiger partial charge in [0.2, 0.25) is 5.91 Å². The zero-order valence-corrected chi connectivity index (χ0v) is 14.2. The topological polar surface area (TPSA) is 101 Å². The first-order valence-corrected chi connectivity index (χ1v) is 9.24. The van der Waals surface area contributed by atoms with E-state index < -0.39 is 0 Å². The van der Waals surface area contributed by atoms with Crippen LogP contribution in [0.1, 0.15) is 53.4 Å². The number of aromatic amines is 1. The maximum Gasteiger partial charge on any atom is 0.271 e. The Morgan fingerprint density at radius 1 is 1.29 bits per heavy atom. The summed E-state index contributed by atoms with van der Waals surface area (Å²) in [5, 5.41) is 3.33. The van der Waals surface area contributed by atoms with Crippen LogP contribution in [0, 0.1) is 0 Å². The number of carbonyl (C=O) groups excluding carboxylic acids is 1. The molecule has 0 aromatic carbocycles. The number of nitrogens with zero attached hydrogens (tertiary/aromatic N) is 1. The van der Waals surface area contributed by atoms with E-state index in [-0.39, 0.29) is 17.4 Å². The maximum atomic E-state index is 12.7. The van der Waals surface area contributed by atoms with Crippen LogP contribution in [0.15, 0.2) is 10.9 Å². The number of nitrogen functional groups attached to an aromatic ring is 1. The van der Waals surface area contributed by atoms with Crippen LogP contribution in [0.5, 0.6) is 0 Å². The van der Waals surface area contributed by atoms with Gasteiger partial charge in [0.05, 0.1) is 11.6 Å². The van der Waals surface area contributed by atoms with E-state index in [1.165, 1.54) is 11.3 Å². The number of aryl methyl sites for hydroxylation is 3. The van der Waals surface area contributed by atoms with E-state index in [0.29, 0.717) is 10.8 Å². The first-order valence-electron chi connectivity index (χ1n) is 8.43. The molecule has 24 heavy (non-hydrogen) atoms. The SMILES string of the molecule is Nc1nc2c(s1)CCCC2C(=O)Nc1cc2c([nH]c1=O)CCCC2. The van der Waals surface area contributed by atoms with Gasteiger partial charge in [0.1, 0.15) is 5.69 Å². The van der Waals surface area contributed by atoms with Crippen molar-refractivity contribution in [3.63, 3.8) is 0 Å². The lowest BCUT2D eigenvalue weighted by Crippen LogP contribution is -2.28. The third-order valence-corrected chi connectivity index (χ3v) is 5.84. The molecule has 4 N–H and O–H groups in total. The van der Waals surface area contributed by atoms with E-state index >= 15 is 0 Å². The predicted molar refractivity (Wildman–Crippen MR) is 94.5 cm³/mol.